The van der Waals surface area contributed by atoms with Gasteiger partial charge < -0.3 is 9.64 Å². The number of carbonyl (C=O) groups is 2. The van der Waals surface area contributed by atoms with Crippen molar-refractivity contribution in [3.8, 4) is 0 Å². The molecule has 1 aromatic rings. The lowest BCUT2D eigenvalue weighted by molar-refractivity contribution is -0.149. The molecule has 0 bridgehead atoms. The number of hydrogen-bond acceptors (Lipinski definition) is 4. The summed E-state index contributed by atoms with van der Waals surface area (Å²) in [7, 11) is 0. The molecule has 26 heavy (non-hydrogen) atoms. The quantitative estimate of drug-likeness (QED) is 0.475. The Morgan fingerprint density at radius 1 is 1.35 bits per heavy atom. The first kappa shape index (κ1) is 23.0. The largest absolute Gasteiger partial charge is 0.466 e. The molecule has 1 atom stereocenters. The standard InChI is InChI=1S/C19H23Cl2NO3.ClH/c1-2-25-19(24)15-4-3-10-22(13-15)11-9-17(23)8-6-14-5-7-16(20)12-18(14)21;/h5-8,12,15H,2-4,9-11,13H2,1H3;1H/b8-6+;. The molecule has 0 aromatic heterocycles. The molecule has 1 saturated heterocycles. The number of ether oxygens (including phenoxy) is 1. The second kappa shape index (κ2) is 11.6. The van der Waals surface area contributed by atoms with Crippen LogP contribution in [0.15, 0.2) is 24.3 Å². The smallest absolute Gasteiger partial charge is 0.310 e. The summed E-state index contributed by atoms with van der Waals surface area (Å²) in [5.41, 5.74) is 0.764. The van der Waals surface area contributed by atoms with Crippen molar-refractivity contribution in [2.75, 3.05) is 26.2 Å². The molecule has 2 rings (SSSR count). The fourth-order valence-electron chi connectivity index (χ4n) is 2.88. The zero-order chi connectivity index (χ0) is 18.2. The summed E-state index contributed by atoms with van der Waals surface area (Å²) in [5.74, 6) is -0.174. The SMILES string of the molecule is CCOC(=O)C1CCCN(CCC(=O)/C=C/c2ccc(Cl)cc2Cl)C1.Cl. The summed E-state index contributed by atoms with van der Waals surface area (Å²) in [4.78, 5) is 26.1. The van der Waals surface area contributed by atoms with Gasteiger partial charge in [-0.15, -0.1) is 12.4 Å². The molecule has 1 unspecified atom stereocenters. The molecule has 7 heteroatoms. The molecule has 0 aliphatic carbocycles. The van der Waals surface area contributed by atoms with E-state index in [1.807, 2.05) is 6.92 Å². The lowest BCUT2D eigenvalue weighted by Gasteiger charge is -2.31. The molecule has 144 valence electrons. The van der Waals surface area contributed by atoms with Gasteiger partial charge in [0.1, 0.15) is 0 Å². The molecule has 0 N–H and O–H groups in total. The Kier molecular flexibility index (Phi) is 10.3. The van der Waals surface area contributed by atoms with Crippen molar-refractivity contribution in [1.29, 1.82) is 0 Å². The van der Waals surface area contributed by atoms with Gasteiger partial charge in [-0.3, -0.25) is 9.59 Å². The third kappa shape index (κ3) is 7.28. The first-order valence-electron chi connectivity index (χ1n) is 8.54. The Hall–Kier alpha value is -1.07. The Labute approximate surface area is 170 Å². The number of likely N-dealkylation sites (tertiary alicyclic amines) is 1. The minimum Gasteiger partial charge on any atom is -0.466 e. The molecule has 0 radical (unpaired) electrons. The lowest BCUT2D eigenvalue weighted by Crippen LogP contribution is -2.40. The van der Waals surface area contributed by atoms with E-state index >= 15 is 0 Å². The topological polar surface area (TPSA) is 46.6 Å². The summed E-state index contributed by atoms with van der Waals surface area (Å²) in [6.45, 7) is 4.45. The normalized spacial score (nSPS) is 17.7. The van der Waals surface area contributed by atoms with Crippen LogP contribution >= 0.6 is 35.6 Å². The van der Waals surface area contributed by atoms with Crippen LogP contribution in [0.25, 0.3) is 6.08 Å². The van der Waals surface area contributed by atoms with Crippen LogP contribution in [0.5, 0.6) is 0 Å². The van der Waals surface area contributed by atoms with Crippen molar-refractivity contribution in [2.24, 2.45) is 5.92 Å². The number of hydrogen-bond donors (Lipinski definition) is 0. The molecular weight excluding hydrogens is 397 g/mol. The summed E-state index contributed by atoms with van der Waals surface area (Å²) in [6, 6.07) is 5.17. The highest BCUT2D eigenvalue weighted by atomic mass is 35.5. The van der Waals surface area contributed by atoms with Crippen LogP contribution in [0.4, 0.5) is 0 Å². The Morgan fingerprint density at radius 2 is 2.12 bits per heavy atom. The average molecular weight is 421 g/mol. The predicted molar refractivity (Wildman–Crippen MR) is 108 cm³/mol. The molecule has 1 aliphatic rings. The van der Waals surface area contributed by atoms with E-state index in [0.29, 0.717) is 36.2 Å². The van der Waals surface area contributed by atoms with E-state index in [0.717, 1.165) is 24.9 Å². The first-order chi connectivity index (χ1) is 12.0. The van der Waals surface area contributed by atoms with Crippen LogP contribution in [-0.2, 0) is 14.3 Å². The van der Waals surface area contributed by atoms with Gasteiger partial charge in [-0.2, -0.15) is 0 Å². The van der Waals surface area contributed by atoms with Crippen LogP contribution in [-0.4, -0.2) is 42.9 Å². The van der Waals surface area contributed by atoms with Gasteiger partial charge in [-0.1, -0.05) is 29.3 Å². The first-order valence-corrected chi connectivity index (χ1v) is 9.30. The molecule has 0 spiro atoms. The van der Waals surface area contributed by atoms with E-state index in [-0.39, 0.29) is 30.1 Å². The zero-order valence-corrected chi connectivity index (χ0v) is 17.1. The zero-order valence-electron chi connectivity index (χ0n) is 14.7. The molecule has 1 heterocycles. The van der Waals surface area contributed by atoms with Crippen molar-refractivity contribution >= 4 is 53.4 Å². The van der Waals surface area contributed by atoms with Crippen molar-refractivity contribution in [3.05, 3.63) is 39.9 Å². The van der Waals surface area contributed by atoms with Gasteiger partial charge >= 0.3 is 5.97 Å². The van der Waals surface area contributed by atoms with Crippen molar-refractivity contribution in [1.82, 2.24) is 4.90 Å². The Morgan fingerprint density at radius 3 is 2.81 bits per heavy atom. The monoisotopic (exact) mass is 419 g/mol. The summed E-state index contributed by atoms with van der Waals surface area (Å²) >= 11 is 11.9. The highest BCUT2D eigenvalue weighted by Gasteiger charge is 2.26. The van der Waals surface area contributed by atoms with Crippen LogP contribution in [0.1, 0.15) is 31.7 Å². The lowest BCUT2D eigenvalue weighted by atomic mass is 9.98. The number of halogens is 3. The highest BCUT2D eigenvalue weighted by Crippen LogP contribution is 2.22. The van der Waals surface area contributed by atoms with E-state index in [1.165, 1.54) is 0 Å². The molecule has 4 nitrogen and oxygen atoms in total. The number of carbonyl (C=O) groups excluding carboxylic acids is 2. The van der Waals surface area contributed by atoms with Crippen LogP contribution in [0, 0.1) is 5.92 Å². The number of allylic oxidation sites excluding steroid dienone is 1. The van der Waals surface area contributed by atoms with Crippen molar-refractivity contribution < 1.29 is 14.3 Å². The summed E-state index contributed by atoms with van der Waals surface area (Å²) in [5, 5.41) is 1.08. The van der Waals surface area contributed by atoms with E-state index in [2.05, 4.69) is 4.90 Å². The number of esters is 1. The number of piperidine rings is 1. The Balaban J connectivity index is 0.00000338. The number of benzene rings is 1. The maximum Gasteiger partial charge on any atom is 0.310 e. The number of nitrogens with zero attached hydrogens (tertiary/aromatic N) is 1. The van der Waals surface area contributed by atoms with Gasteiger partial charge in [0.25, 0.3) is 0 Å². The van der Waals surface area contributed by atoms with E-state index in [9.17, 15) is 9.59 Å². The van der Waals surface area contributed by atoms with Crippen molar-refractivity contribution in [2.45, 2.75) is 26.2 Å². The average Bonchev–Trinajstić information content (AvgIpc) is 2.59. The molecule has 1 fully saturated rings. The van der Waals surface area contributed by atoms with Gasteiger partial charge in [-0.25, -0.2) is 0 Å². The van der Waals surface area contributed by atoms with Gasteiger partial charge in [0, 0.05) is 29.6 Å². The highest BCUT2D eigenvalue weighted by molar-refractivity contribution is 6.35. The van der Waals surface area contributed by atoms with Crippen molar-refractivity contribution in [3.63, 3.8) is 0 Å². The third-order valence-corrected chi connectivity index (χ3v) is 4.77. The maximum absolute atomic E-state index is 12.1. The fourth-order valence-corrected chi connectivity index (χ4v) is 3.35. The van der Waals surface area contributed by atoms with Crippen LogP contribution in [0.3, 0.4) is 0 Å². The second-order valence-corrected chi connectivity index (χ2v) is 6.95. The van der Waals surface area contributed by atoms with E-state index < -0.39 is 0 Å². The van der Waals surface area contributed by atoms with E-state index in [1.54, 1.807) is 30.4 Å². The second-order valence-electron chi connectivity index (χ2n) is 6.11. The summed E-state index contributed by atoms with van der Waals surface area (Å²) < 4.78 is 5.10. The number of ketones is 1. The maximum atomic E-state index is 12.1. The van der Waals surface area contributed by atoms with Crippen LogP contribution < -0.4 is 0 Å². The molecule has 0 amide bonds. The minimum absolute atomic E-state index is 0. The Bertz CT molecular complexity index is 649. The molecule has 0 saturated carbocycles. The van der Waals surface area contributed by atoms with Crippen LogP contribution in [0.2, 0.25) is 10.0 Å². The van der Waals surface area contributed by atoms with E-state index in [4.69, 9.17) is 27.9 Å². The fraction of sp³-hybridized carbons (Fsp3) is 0.474. The molecule has 1 aromatic carbocycles. The minimum atomic E-state index is -0.129. The van der Waals surface area contributed by atoms with Gasteiger partial charge in [0.05, 0.1) is 12.5 Å². The predicted octanol–water partition coefficient (Wildman–Crippen LogP) is 4.66. The third-order valence-electron chi connectivity index (χ3n) is 4.21. The van der Waals surface area contributed by atoms with Gasteiger partial charge in [0.15, 0.2) is 5.78 Å². The molecular formula is C19H24Cl3NO3. The number of rotatable bonds is 7. The molecule has 1 aliphatic heterocycles. The summed E-state index contributed by atoms with van der Waals surface area (Å²) in [6.07, 6.45) is 5.48. The van der Waals surface area contributed by atoms with Gasteiger partial charge in [-0.05, 0) is 56.2 Å². The van der Waals surface area contributed by atoms with Gasteiger partial charge in [0.2, 0.25) is 0 Å².